The molecular weight excluding hydrogens is 298 g/mol. The van der Waals surface area contributed by atoms with Crippen LogP contribution in [0, 0.1) is 6.92 Å². The minimum Gasteiger partial charge on any atom is -0.306 e. The lowest BCUT2D eigenvalue weighted by molar-refractivity contribution is 0.633. The number of aryl methyl sites for hydroxylation is 3. The standard InChI is InChI=1S/C18H22ClNS/c1-3-20-17(18-16(19)12(2)11-21-18)15-9-8-13-6-4-5-7-14(13)10-15/h8-11,17,20H,3-7H2,1-2H3. The normalized spacial score (nSPS) is 15.8. The highest BCUT2D eigenvalue weighted by Gasteiger charge is 2.20. The van der Waals surface area contributed by atoms with Crippen molar-refractivity contribution >= 4 is 22.9 Å². The summed E-state index contributed by atoms with van der Waals surface area (Å²) in [5.74, 6) is 0. The summed E-state index contributed by atoms with van der Waals surface area (Å²) in [7, 11) is 0. The molecule has 1 unspecified atom stereocenters. The number of nitrogens with one attached hydrogen (secondary N) is 1. The summed E-state index contributed by atoms with van der Waals surface area (Å²) in [6.45, 7) is 5.17. The van der Waals surface area contributed by atoms with Gasteiger partial charge in [0.05, 0.1) is 11.1 Å². The summed E-state index contributed by atoms with van der Waals surface area (Å²) in [4.78, 5) is 1.24. The van der Waals surface area contributed by atoms with E-state index in [0.29, 0.717) is 0 Å². The van der Waals surface area contributed by atoms with Gasteiger partial charge >= 0.3 is 0 Å². The molecule has 0 radical (unpaired) electrons. The van der Waals surface area contributed by atoms with Crippen molar-refractivity contribution in [1.29, 1.82) is 0 Å². The molecule has 0 spiro atoms. The predicted molar refractivity (Wildman–Crippen MR) is 92.7 cm³/mol. The largest absolute Gasteiger partial charge is 0.306 e. The molecule has 0 fully saturated rings. The topological polar surface area (TPSA) is 12.0 Å². The summed E-state index contributed by atoms with van der Waals surface area (Å²) >= 11 is 8.26. The van der Waals surface area contributed by atoms with Crippen molar-refractivity contribution < 1.29 is 0 Å². The van der Waals surface area contributed by atoms with Gasteiger partial charge in [-0.05, 0) is 66.8 Å². The first kappa shape index (κ1) is 15.1. The Hall–Kier alpha value is -0.830. The first-order valence-corrected chi connectivity index (χ1v) is 9.05. The van der Waals surface area contributed by atoms with E-state index in [-0.39, 0.29) is 6.04 Å². The van der Waals surface area contributed by atoms with E-state index < -0.39 is 0 Å². The van der Waals surface area contributed by atoms with Gasteiger partial charge in [0.1, 0.15) is 0 Å². The summed E-state index contributed by atoms with van der Waals surface area (Å²) in [5.41, 5.74) is 5.60. The fourth-order valence-corrected chi connectivity index (χ4v) is 4.55. The lowest BCUT2D eigenvalue weighted by Gasteiger charge is -2.22. The molecule has 1 aromatic heterocycles. The highest BCUT2D eigenvalue weighted by molar-refractivity contribution is 7.10. The zero-order chi connectivity index (χ0) is 14.8. The quantitative estimate of drug-likeness (QED) is 0.807. The Bertz CT molecular complexity index is 632. The Kier molecular flexibility index (Phi) is 4.68. The van der Waals surface area contributed by atoms with Crippen LogP contribution in [-0.4, -0.2) is 6.54 Å². The smallest absolute Gasteiger partial charge is 0.0686 e. The molecule has 1 heterocycles. The second-order valence-electron chi connectivity index (χ2n) is 5.82. The van der Waals surface area contributed by atoms with Gasteiger partial charge in [-0.1, -0.05) is 36.7 Å². The van der Waals surface area contributed by atoms with E-state index in [9.17, 15) is 0 Å². The molecule has 0 saturated heterocycles. The van der Waals surface area contributed by atoms with Crippen molar-refractivity contribution in [3.63, 3.8) is 0 Å². The summed E-state index contributed by atoms with van der Waals surface area (Å²) < 4.78 is 0. The second-order valence-corrected chi connectivity index (χ2v) is 7.11. The molecule has 2 aromatic rings. The minimum absolute atomic E-state index is 0.216. The van der Waals surface area contributed by atoms with E-state index in [1.54, 1.807) is 11.3 Å². The third-order valence-corrected chi connectivity index (χ3v) is 6.08. The fourth-order valence-electron chi connectivity index (χ4n) is 3.14. The van der Waals surface area contributed by atoms with Gasteiger partial charge in [-0.25, -0.2) is 0 Å². The second kappa shape index (κ2) is 6.51. The van der Waals surface area contributed by atoms with E-state index in [4.69, 9.17) is 11.6 Å². The number of hydrogen-bond donors (Lipinski definition) is 1. The van der Waals surface area contributed by atoms with E-state index in [2.05, 4.69) is 42.7 Å². The molecule has 3 heteroatoms. The maximum atomic E-state index is 6.50. The van der Waals surface area contributed by atoms with Gasteiger partial charge in [0, 0.05) is 4.88 Å². The van der Waals surface area contributed by atoms with Crippen molar-refractivity contribution in [3.8, 4) is 0 Å². The number of thiophene rings is 1. The van der Waals surface area contributed by atoms with Crippen LogP contribution in [0.5, 0.6) is 0 Å². The molecule has 0 aliphatic heterocycles. The molecule has 1 aromatic carbocycles. The monoisotopic (exact) mass is 319 g/mol. The van der Waals surface area contributed by atoms with Crippen molar-refractivity contribution in [1.82, 2.24) is 5.32 Å². The predicted octanol–water partition coefficient (Wildman–Crippen LogP) is 5.29. The summed E-state index contributed by atoms with van der Waals surface area (Å²) in [5, 5.41) is 6.68. The molecule has 1 nitrogen and oxygen atoms in total. The van der Waals surface area contributed by atoms with Gasteiger partial charge in [0.2, 0.25) is 0 Å². The Morgan fingerprint density at radius 2 is 2.00 bits per heavy atom. The van der Waals surface area contributed by atoms with Crippen LogP contribution in [0.15, 0.2) is 23.6 Å². The molecule has 1 aliphatic rings. The zero-order valence-electron chi connectivity index (χ0n) is 12.7. The number of rotatable bonds is 4. The van der Waals surface area contributed by atoms with Crippen molar-refractivity contribution in [2.45, 2.75) is 45.6 Å². The first-order valence-electron chi connectivity index (χ1n) is 7.79. The molecule has 1 aliphatic carbocycles. The molecular formula is C18H22ClNS. The summed E-state index contributed by atoms with van der Waals surface area (Å²) in [6, 6.07) is 7.21. The maximum Gasteiger partial charge on any atom is 0.0686 e. The highest BCUT2D eigenvalue weighted by atomic mass is 35.5. The number of fused-ring (bicyclic) bond motifs is 1. The molecule has 0 amide bonds. The van der Waals surface area contributed by atoms with Gasteiger partial charge in [0.25, 0.3) is 0 Å². The molecule has 3 rings (SSSR count). The van der Waals surface area contributed by atoms with Crippen LogP contribution in [0.1, 0.15) is 52.9 Å². The van der Waals surface area contributed by atoms with Crippen LogP contribution in [0.25, 0.3) is 0 Å². The first-order chi connectivity index (χ1) is 10.2. The van der Waals surface area contributed by atoms with Gasteiger partial charge in [-0.15, -0.1) is 11.3 Å². The van der Waals surface area contributed by atoms with Gasteiger partial charge in [-0.3, -0.25) is 0 Å². The van der Waals surface area contributed by atoms with Gasteiger partial charge < -0.3 is 5.32 Å². The minimum atomic E-state index is 0.216. The SMILES string of the molecule is CCNC(c1ccc2c(c1)CCCC2)c1scc(C)c1Cl. The number of halogens is 1. The van der Waals surface area contributed by atoms with Crippen molar-refractivity contribution in [2.75, 3.05) is 6.54 Å². The van der Waals surface area contributed by atoms with Crippen molar-refractivity contribution in [3.05, 3.63) is 55.7 Å². The maximum absolute atomic E-state index is 6.50. The molecule has 0 bridgehead atoms. The summed E-state index contributed by atoms with van der Waals surface area (Å²) in [6.07, 6.45) is 5.11. The lowest BCUT2D eigenvalue weighted by atomic mass is 9.89. The van der Waals surface area contributed by atoms with Crippen LogP contribution < -0.4 is 5.32 Å². The van der Waals surface area contributed by atoms with Crippen LogP contribution in [0.3, 0.4) is 0 Å². The Morgan fingerprint density at radius 3 is 2.67 bits per heavy atom. The molecule has 1 N–H and O–H groups in total. The average Bonchev–Trinajstić information content (AvgIpc) is 2.84. The van der Waals surface area contributed by atoms with E-state index in [0.717, 1.165) is 11.6 Å². The Balaban J connectivity index is 1.99. The third kappa shape index (κ3) is 3.03. The zero-order valence-corrected chi connectivity index (χ0v) is 14.3. The van der Waals surface area contributed by atoms with E-state index >= 15 is 0 Å². The van der Waals surface area contributed by atoms with Crippen LogP contribution in [-0.2, 0) is 12.8 Å². The molecule has 21 heavy (non-hydrogen) atoms. The van der Waals surface area contributed by atoms with Gasteiger partial charge in [0.15, 0.2) is 0 Å². The van der Waals surface area contributed by atoms with Crippen molar-refractivity contribution in [2.24, 2.45) is 0 Å². The highest BCUT2D eigenvalue weighted by Crippen LogP contribution is 2.36. The average molecular weight is 320 g/mol. The fraction of sp³-hybridized carbons (Fsp3) is 0.444. The Labute approximate surface area is 136 Å². The van der Waals surface area contributed by atoms with E-state index in [1.165, 1.54) is 52.8 Å². The third-order valence-electron chi connectivity index (χ3n) is 4.30. The lowest BCUT2D eigenvalue weighted by Crippen LogP contribution is -2.22. The molecule has 112 valence electrons. The van der Waals surface area contributed by atoms with Crippen LogP contribution in [0.2, 0.25) is 5.02 Å². The number of benzene rings is 1. The van der Waals surface area contributed by atoms with Crippen LogP contribution in [0.4, 0.5) is 0 Å². The van der Waals surface area contributed by atoms with Crippen LogP contribution >= 0.6 is 22.9 Å². The molecule has 1 atom stereocenters. The Morgan fingerprint density at radius 1 is 1.24 bits per heavy atom. The number of hydrogen-bond acceptors (Lipinski definition) is 2. The van der Waals surface area contributed by atoms with E-state index in [1.807, 2.05) is 0 Å². The van der Waals surface area contributed by atoms with Gasteiger partial charge in [-0.2, -0.15) is 0 Å². The molecule has 0 saturated carbocycles.